The monoisotopic (exact) mass is 403 g/mol. The van der Waals surface area contributed by atoms with Crippen molar-refractivity contribution in [3.05, 3.63) is 68.5 Å². The lowest BCUT2D eigenvalue weighted by molar-refractivity contribution is -0.384. The molecule has 0 aliphatic heterocycles. The first kappa shape index (κ1) is 18.8. The van der Waals surface area contributed by atoms with Crippen LogP contribution in [0.25, 0.3) is 11.3 Å². The molecular weight excluding hydrogens is 390 g/mol. The number of anilines is 1. The summed E-state index contributed by atoms with van der Waals surface area (Å²) in [5.74, 6) is 0.245. The highest BCUT2D eigenvalue weighted by Crippen LogP contribution is 2.26. The Morgan fingerprint density at radius 1 is 1.30 bits per heavy atom. The van der Waals surface area contributed by atoms with Crippen molar-refractivity contribution in [3.8, 4) is 17.0 Å². The van der Waals surface area contributed by atoms with Crippen LogP contribution < -0.4 is 10.1 Å². The van der Waals surface area contributed by atoms with E-state index < -0.39 is 4.92 Å². The summed E-state index contributed by atoms with van der Waals surface area (Å²) in [5, 5.41) is 16.2. The van der Waals surface area contributed by atoms with E-state index >= 15 is 0 Å². The van der Waals surface area contributed by atoms with E-state index in [2.05, 4.69) is 10.3 Å². The zero-order chi connectivity index (χ0) is 19.4. The number of nitro groups is 1. The van der Waals surface area contributed by atoms with Crippen LogP contribution in [0.1, 0.15) is 5.56 Å². The Bertz CT molecular complexity index is 989. The van der Waals surface area contributed by atoms with Crippen LogP contribution in [0.3, 0.4) is 0 Å². The summed E-state index contributed by atoms with van der Waals surface area (Å²) in [6.07, 6.45) is 0. The van der Waals surface area contributed by atoms with Crippen LogP contribution in [0.15, 0.2) is 47.8 Å². The standard InChI is InChI=1S/C18H14ClN3O4S/c1-11-8-13(19)4-7-16(11)26-9-17(23)21-18-20-15(10-27-18)12-2-5-14(6-3-12)22(24)25/h2-8,10H,9H2,1H3,(H,20,21,23). The topological polar surface area (TPSA) is 94.4 Å². The van der Waals surface area contributed by atoms with E-state index in [0.717, 1.165) is 11.1 Å². The summed E-state index contributed by atoms with van der Waals surface area (Å²) in [7, 11) is 0. The van der Waals surface area contributed by atoms with Crippen molar-refractivity contribution >= 4 is 39.7 Å². The molecule has 1 amide bonds. The molecule has 0 aliphatic carbocycles. The van der Waals surface area contributed by atoms with Crippen molar-refractivity contribution in [1.29, 1.82) is 0 Å². The summed E-state index contributed by atoms with van der Waals surface area (Å²) >= 11 is 7.15. The Kier molecular flexibility index (Phi) is 5.68. The van der Waals surface area contributed by atoms with E-state index in [-0.39, 0.29) is 18.2 Å². The van der Waals surface area contributed by atoms with Gasteiger partial charge in [0.05, 0.1) is 10.6 Å². The zero-order valence-electron chi connectivity index (χ0n) is 14.1. The first-order valence-electron chi connectivity index (χ1n) is 7.81. The molecule has 2 aromatic carbocycles. The van der Waals surface area contributed by atoms with Gasteiger partial charge in [-0.05, 0) is 42.8 Å². The van der Waals surface area contributed by atoms with Gasteiger partial charge < -0.3 is 4.74 Å². The van der Waals surface area contributed by atoms with E-state index in [1.54, 1.807) is 35.7 Å². The van der Waals surface area contributed by atoms with Crippen LogP contribution in [0, 0.1) is 17.0 Å². The van der Waals surface area contributed by atoms with Gasteiger partial charge in [0.25, 0.3) is 11.6 Å². The van der Waals surface area contributed by atoms with Gasteiger partial charge in [0.15, 0.2) is 11.7 Å². The fourth-order valence-electron chi connectivity index (χ4n) is 2.29. The number of halogens is 1. The summed E-state index contributed by atoms with van der Waals surface area (Å²) in [5.41, 5.74) is 2.20. The molecule has 0 fully saturated rings. The number of hydrogen-bond acceptors (Lipinski definition) is 6. The predicted octanol–water partition coefficient (Wildman–Crippen LogP) is 4.70. The summed E-state index contributed by atoms with van der Waals surface area (Å²) in [6, 6.07) is 11.2. The van der Waals surface area contributed by atoms with Gasteiger partial charge in [0.1, 0.15) is 5.75 Å². The lowest BCUT2D eigenvalue weighted by atomic mass is 10.1. The van der Waals surface area contributed by atoms with E-state index in [0.29, 0.717) is 21.6 Å². The van der Waals surface area contributed by atoms with Gasteiger partial charge in [-0.2, -0.15) is 0 Å². The molecule has 27 heavy (non-hydrogen) atoms. The minimum atomic E-state index is -0.459. The smallest absolute Gasteiger partial charge is 0.269 e. The van der Waals surface area contributed by atoms with Gasteiger partial charge >= 0.3 is 0 Å². The van der Waals surface area contributed by atoms with Crippen molar-refractivity contribution in [2.45, 2.75) is 6.92 Å². The quantitative estimate of drug-likeness (QED) is 0.475. The second kappa shape index (κ2) is 8.15. The number of rotatable bonds is 6. The second-order valence-electron chi connectivity index (χ2n) is 5.59. The van der Waals surface area contributed by atoms with E-state index in [9.17, 15) is 14.9 Å². The number of benzene rings is 2. The number of nitro benzene ring substituents is 1. The Labute approximate surface area is 163 Å². The van der Waals surface area contributed by atoms with Crippen LogP contribution in [-0.4, -0.2) is 22.4 Å². The molecule has 0 bridgehead atoms. The first-order valence-corrected chi connectivity index (χ1v) is 9.07. The molecule has 1 aromatic heterocycles. The molecule has 0 saturated heterocycles. The Morgan fingerprint density at radius 3 is 2.70 bits per heavy atom. The molecule has 1 heterocycles. The molecule has 0 saturated carbocycles. The lowest BCUT2D eigenvalue weighted by Gasteiger charge is -2.08. The zero-order valence-corrected chi connectivity index (χ0v) is 15.7. The van der Waals surface area contributed by atoms with Crippen LogP contribution in [-0.2, 0) is 4.79 Å². The van der Waals surface area contributed by atoms with Gasteiger partial charge in [0.2, 0.25) is 0 Å². The van der Waals surface area contributed by atoms with Crippen molar-refractivity contribution in [1.82, 2.24) is 4.98 Å². The number of thiazole rings is 1. The lowest BCUT2D eigenvalue weighted by Crippen LogP contribution is -2.20. The maximum Gasteiger partial charge on any atom is 0.269 e. The molecule has 138 valence electrons. The summed E-state index contributed by atoms with van der Waals surface area (Å²) in [6.45, 7) is 1.69. The molecule has 9 heteroatoms. The number of amides is 1. The second-order valence-corrected chi connectivity index (χ2v) is 6.88. The number of ether oxygens (including phenoxy) is 1. The van der Waals surface area contributed by atoms with Crippen molar-refractivity contribution in [2.75, 3.05) is 11.9 Å². The van der Waals surface area contributed by atoms with E-state index in [1.165, 1.54) is 23.5 Å². The highest BCUT2D eigenvalue weighted by Gasteiger charge is 2.11. The third-order valence-corrected chi connectivity index (χ3v) is 4.61. The third-order valence-electron chi connectivity index (χ3n) is 3.62. The molecule has 7 nitrogen and oxygen atoms in total. The number of non-ortho nitro benzene ring substituents is 1. The molecule has 3 rings (SSSR count). The SMILES string of the molecule is Cc1cc(Cl)ccc1OCC(=O)Nc1nc(-c2ccc([N+](=O)[O-])cc2)cs1. The largest absolute Gasteiger partial charge is 0.483 e. The molecule has 0 radical (unpaired) electrons. The highest BCUT2D eigenvalue weighted by molar-refractivity contribution is 7.14. The maximum atomic E-state index is 12.1. The van der Waals surface area contributed by atoms with Gasteiger partial charge in [-0.25, -0.2) is 4.98 Å². The van der Waals surface area contributed by atoms with Crippen LogP contribution >= 0.6 is 22.9 Å². The fraction of sp³-hybridized carbons (Fsp3) is 0.111. The average Bonchev–Trinajstić information content (AvgIpc) is 3.09. The molecule has 0 aliphatic rings. The summed E-state index contributed by atoms with van der Waals surface area (Å²) in [4.78, 5) is 26.6. The normalized spacial score (nSPS) is 10.4. The number of nitrogens with zero attached hydrogens (tertiary/aromatic N) is 2. The van der Waals surface area contributed by atoms with Gasteiger partial charge in [-0.3, -0.25) is 20.2 Å². The number of aryl methyl sites for hydroxylation is 1. The molecular formula is C18H14ClN3O4S. The van der Waals surface area contributed by atoms with Gasteiger partial charge in [0, 0.05) is 28.1 Å². The number of aromatic nitrogens is 1. The van der Waals surface area contributed by atoms with E-state index in [1.807, 2.05) is 6.92 Å². The van der Waals surface area contributed by atoms with Crippen LogP contribution in [0.2, 0.25) is 5.02 Å². The number of carbonyl (C=O) groups excluding carboxylic acids is 1. The number of hydrogen-bond donors (Lipinski definition) is 1. The Hall–Kier alpha value is -2.97. The maximum absolute atomic E-state index is 12.1. The van der Waals surface area contributed by atoms with E-state index in [4.69, 9.17) is 16.3 Å². The van der Waals surface area contributed by atoms with Crippen molar-refractivity contribution in [2.24, 2.45) is 0 Å². The minimum Gasteiger partial charge on any atom is -0.483 e. The minimum absolute atomic E-state index is 0.0112. The van der Waals surface area contributed by atoms with Gasteiger partial charge in [-0.1, -0.05) is 11.6 Å². The Morgan fingerprint density at radius 2 is 2.04 bits per heavy atom. The number of nitrogens with one attached hydrogen (secondary N) is 1. The van der Waals surface area contributed by atoms with Crippen molar-refractivity contribution < 1.29 is 14.5 Å². The molecule has 0 unspecified atom stereocenters. The fourth-order valence-corrected chi connectivity index (χ4v) is 3.25. The molecule has 1 N–H and O–H groups in total. The highest BCUT2D eigenvalue weighted by atomic mass is 35.5. The molecule has 3 aromatic rings. The third kappa shape index (κ3) is 4.81. The first-order chi connectivity index (χ1) is 12.9. The number of carbonyl (C=O) groups is 1. The van der Waals surface area contributed by atoms with Crippen LogP contribution in [0.5, 0.6) is 5.75 Å². The molecule has 0 spiro atoms. The predicted molar refractivity (Wildman–Crippen MR) is 105 cm³/mol. The van der Waals surface area contributed by atoms with Crippen molar-refractivity contribution in [3.63, 3.8) is 0 Å². The average molecular weight is 404 g/mol. The Balaban J connectivity index is 1.59. The summed E-state index contributed by atoms with van der Waals surface area (Å²) < 4.78 is 5.50. The van der Waals surface area contributed by atoms with Gasteiger partial charge in [-0.15, -0.1) is 11.3 Å². The molecule has 0 atom stereocenters. The van der Waals surface area contributed by atoms with Crippen LogP contribution in [0.4, 0.5) is 10.8 Å².